The molecule has 0 aromatic carbocycles. The lowest BCUT2D eigenvalue weighted by atomic mass is 9.78. The van der Waals surface area contributed by atoms with E-state index in [1.165, 1.54) is 19.3 Å². The van der Waals surface area contributed by atoms with Gasteiger partial charge in [-0.3, -0.25) is 15.1 Å². The first-order valence-electron chi connectivity index (χ1n) is 6.87. The highest BCUT2D eigenvalue weighted by Gasteiger charge is 2.29. The monoisotopic (exact) mass is 265 g/mol. The summed E-state index contributed by atoms with van der Waals surface area (Å²) in [4.78, 5) is 13.9. The first-order valence-corrected chi connectivity index (χ1v) is 6.87. The molecule has 0 spiro atoms. The van der Waals surface area contributed by atoms with E-state index in [1.54, 1.807) is 6.26 Å². The lowest BCUT2D eigenvalue weighted by molar-refractivity contribution is 0.0914. The summed E-state index contributed by atoms with van der Waals surface area (Å²) in [6, 6.07) is 1.85. The van der Waals surface area contributed by atoms with E-state index in [2.05, 4.69) is 24.2 Å². The van der Waals surface area contributed by atoms with Crippen LogP contribution >= 0.6 is 0 Å². The molecule has 0 unspecified atom stereocenters. The molecule has 1 aromatic heterocycles. The molecule has 0 atom stereocenters. The molecule has 2 rings (SSSR count). The zero-order chi connectivity index (χ0) is 13.9. The van der Waals surface area contributed by atoms with Gasteiger partial charge in [0.25, 0.3) is 0 Å². The van der Waals surface area contributed by atoms with Gasteiger partial charge < -0.3 is 4.42 Å². The summed E-state index contributed by atoms with van der Waals surface area (Å²) in [5.41, 5.74) is 3.50. The number of hydrogen-bond acceptors (Lipinski definition) is 4. The Labute approximate surface area is 114 Å². The van der Waals surface area contributed by atoms with Crippen LogP contribution in [0.4, 0.5) is 0 Å². The molecular formula is C14H23N3O2. The van der Waals surface area contributed by atoms with Crippen molar-refractivity contribution in [1.82, 2.24) is 10.3 Å². The number of carbonyl (C=O) groups is 1. The second-order valence-electron chi connectivity index (χ2n) is 5.69. The summed E-state index contributed by atoms with van der Waals surface area (Å²) < 4.78 is 5.20. The molecule has 1 aliphatic rings. The molecule has 2 heterocycles. The molecule has 1 aliphatic heterocycles. The molecule has 0 bridgehead atoms. The van der Waals surface area contributed by atoms with Crippen molar-refractivity contribution in [3.8, 4) is 0 Å². The molecule has 1 aromatic rings. The van der Waals surface area contributed by atoms with Crippen molar-refractivity contribution in [1.29, 1.82) is 0 Å². The minimum absolute atomic E-state index is 0.325. The van der Waals surface area contributed by atoms with Gasteiger partial charge in [-0.25, -0.2) is 5.84 Å². The van der Waals surface area contributed by atoms with E-state index >= 15 is 0 Å². The summed E-state index contributed by atoms with van der Waals surface area (Å²) in [6.07, 6.45) is 5.19. The van der Waals surface area contributed by atoms with Gasteiger partial charge in [0.2, 0.25) is 0 Å². The van der Waals surface area contributed by atoms with E-state index in [0.29, 0.717) is 11.2 Å². The van der Waals surface area contributed by atoms with Crippen LogP contribution in [0.15, 0.2) is 16.7 Å². The number of likely N-dealkylation sites (tertiary alicyclic amines) is 1. The Morgan fingerprint density at radius 2 is 2.21 bits per heavy atom. The van der Waals surface area contributed by atoms with Crippen LogP contribution in [-0.2, 0) is 6.54 Å². The normalized spacial score (nSPS) is 19.3. The zero-order valence-electron chi connectivity index (χ0n) is 11.7. The largest absolute Gasteiger partial charge is 0.459 e. The van der Waals surface area contributed by atoms with Gasteiger partial charge in [0.1, 0.15) is 0 Å². The quantitative estimate of drug-likeness (QED) is 0.495. The van der Waals surface area contributed by atoms with Crippen LogP contribution in [-0.4, -0.2) is 23.9 Å². The number of nitrogens with two attached hydrogens (primary N) is 1. The molecule has 106 valence electrons. The van der Waals surface area contributed by atoms with Crippen molar-refractivity contribution in [3.63, 3.8) is 0 Å². The summed E-state index contributed by atoms with van der Waals surface area (Å²) in [7, 11) is 0. The Morgan fingerprint density at radius 3 is 2.79 bits per heavy atom. The molecule has 5 nitrogen and oxygen atoms in total. The van der Waals surface area contributed by atoms with Gasteiger partial charge >= 0.3 is 5.91 Å². The third-order valence-corrected chi connectivity index (χ3v) is 4.39. The average Bonchev–Trinajstić information content (AvgIpc) is 2.89. The number of hydrazine groups is 1. The molecule has 0 aliphatic carbocycles. The Bertz CT molecular complexity index is 434. The van der Waals surface area contributed by atoms with Crippen LogP contribution in [0.25, 0.3) is 0 Å². The Hall–Kier alpha value is -1.33. The number of nitrogen functional groups attached to an aromatic ring is 1. The number of nitrogens with one attached hydrogen (secondary N) is 1. The minimum atomic E-state index is -0.365. The topological polar surface area (TPSA) is 71.5 Å². The van der Waals surface area contributed by atoms with Crippen LogP contribution in [0, 0.1) is 5.41 Å². The third kappa shape index (κ3) is 3.16. The second-order valence-corrected chi connectivity index (χ2v) is 5.69. The predicted octanol–water partition coefficient (Wildman–Crippen LogP) is 1.90. The minimum Gasteiger partial charge on any atom is -0.459 e. The van der Waals surface area contributed by atoms with Crippen molar-refractivity contribution >= 4 is 5.91 Å². The Balaban J connectivity index is 1.96. The third-order valence-electron chi connectivity index (χ3n) is 4.39. The van der Waals surface area contributed by atoms with E-state index in [1.807, 2.05) is 6.07 Å². The maximum Gasteiger partial charge on any atom is 0.301 e. The summed E-state index contributed by atoms with van der Waals surface area (Å²) in [5.74, 6) is 5.11. The Kier molecular flexibility index (Phi) is 4.27. The van der Waals surface area contributed by atoms with Crippen molar-refractivity contribution in [3.05, 3.63) is 23.7 Å². The van der Waals surface area contributed by atoms with Gasteiger partial charge in [0.15, 0.2) is 5.76 Å². The highest BCUT2D eigenvalue weighted by Crippen LogP contribution is 2.34. The molecule has 1 fully saturated rings. The van der Waals surface area contributed by atoms with Gasteiger partial charge in [-0.15, -0.1) is 0 Å². The van der Waals surface area contributed by atoms with Crippen LogP contribution < -0.4 is 11.3 Å². The number of amides is 1. The molecule has 0 saturated carbocycles. The first kappa shape index (κ1) is 14.1. The molecule has 0 radical (unpaired) electrons. The van der Waals surface area contributed by atoms with Crippen LogP contribution in [0.5, 0.6) is 0 Å². The number of furan rings is 1. The van der Waals surface area contributed by atoms with Crippen molar-refractivity contribution in [2.45, 2.75) is 39.7 Å². The standard InChI is InChI=1S/C14H23N3O2/c1-3-14(2)5-7-17(8-6-14)10-11-4-9-19-12(11)13(18)16-15/h4,9H,3,5-8,10,15H2,1-2H3,(H,16,18). The van der Waals surface area contributed by atoms with Crippen molar-refractivity contribution in [2.75, 3.05) is 13.1 Å². The number of rotatable bonds is 4. The average molecular weight is 265 g/mol. The van der Waals surface area contributed by atoms with Crippen LogP contribution in [0.3, 0.4) is 0 Å². The van der Waals surface area contributed by atoms with E-state index in [4.69, 9.17) is 10.3 Å². The van der Waals surface area contributed by atoms with Crippen LogP contribution in [0.2, 0.25) is 0 Å². The fraction of sp³-hybridized carbons (Fsp3) is 0.643. The van der Waals surface area contributed by atoms with Gasteiger partial charge in [0.05, 0.1) is 6.26 Å². The smallest absolute Gasteiger partial charge is 0.301 e. The first-order chi connectivity index (χ1) is 9.08. The van der Waals surface area contributed by atoms with Gasteiger partial charge in [-0.2, -0.15) is 0 Å². The van der Waals surface area contributed by atoms with E-state index < -0.39 is 0 Å². The maximum absolute atomic E-state index is 11.5. The molecule has 5 heteroatoms. The number of nitrogens with zero attached hydrogens (tertiary/aromatic N) is 1. The number of carbonyl (C=O) groups excluding carboxylic acids is 1. The predicted molar refractivity (Wildman–Crippen MR) is 73.3 cm³/mol. The summed E-state index contributed by atoms with van der Waals surface area (Å²) in [6.45, 7) is 7.50. The number of piperidine rings is 1. The fourth-order valence-corrected chi connectivity index (χ4v) is 2.57. The van der Waals surface area contributed by atoms with Crippen molar-refractivity contribution < 1.29 is 9.21 Å². The van der Waals surface area contributed by atoms with E-state index in [9.17, 15) is 4.79 Å². The lowest BCUT2D eigenvalue weighted by Crippen LogP contribution is -2.38. The Morgan fingerprint density at radius 1 is 1.53 bits per heavy atom. The van der Waals surface area contributed by atoms with E-state index in [-0.39, 0.29) is 5.91 Å². The second kappa shape index (κ2) is 5.75. The SMILES string of the molecule is CCC1(C)CCN(Cc2ccoc2C(=O)NN)CC1. The maximum atomic E-state index is 11.5. The zero-order valence-corrected chi connectivity index (χ0v) is 11.7. The van der Waals surface area contributed by atoms with Gasteiger partial charge in [-0.05, 0) is 37.4 Å². The van der Waals surface area contributed by atoms with Crippen molar-refractivity contribution in [2.24, 2.45) is 11.3 Å². The molecule has 19 heavy (non-hydrogen) atoms. The highest BCUT2D eigenvalue weighted by molar-refractivity contribution is 5.92. The summed E-state index contributed by atoms with van der Waals surface area (Å²) >= 11 is 0. The fourth-order valence-electron chi connectivity index (χ4n) is 2.57. The van der Waals surface area contributed by atoms with E-state index in [0.717, 1.165) is 25.2 Å². The summed E-state index contributed by atoms with van der Waals surface area (Å²) in [5, 5.41) is 0. The highest BCUT2D eigenvalue weighted by atomic mass is 16.3. The number of hydrogen-bond donors (Lipinski definition) is 2. The molecule has 3 N–H and O–H groups in total. The molecule has 1 saturated heterocycles. The lowest BCUT2D eigenvalue weighted by Gasteiger charge is -2.38. The molecular weight excluding hydrogens is 242 g/mol. The van der Waals surface area contributed by atoms with Gasteiger partial charge in [0, 0.05) is 12.1 Å². The molecule has 1 amide bonds. The van der Waals surface area contributed by atoms with Crippen LogP contribution in [0.1, 0.15) is 49.2 Å². The van der Waals surface area contributed by atoms with Gasteiger partial charge in [-0.1, -0.05) is 20.3 Å².